The molecule has 3 aliphatic rings. The summed E-state index contributed by atoms with van der Waals surface area (Å²) in [4.78, 5) is 1.66. The number of likely N-dealkylation sites (N-methyl/N-ethyl adjacent to an activating group) is 1. The Labute approximate surface area is 224 Å². The van der Waals surface area contributed by atoms with Gasteiger partial charge in [-0.25, -0.2) is 0 Å². The third-order valence-electron chi connectivity index (χ3n) is 8.70. The van der Waals surface area contributed by atoms with Crippen molar-refractivity contribution in [3.8, 4) is 28.7 Å². The summed E-state index contributed by atoms with van der Waals surface area (Å²) in [7, 11) is 4.86. The van der Waals surface area contributed by atoms with E-state index in [4.69, 9.17) is 14.2 Å². The van der Waals surface area contributed by atoms with Gasteiger partial charge in [-0.2, -0.15) is 0 Å². The first-order valence-electron chi connectivity index (χ1n) is 12.8. The average Bonchev–Trinajstić information content (AvgIpc) is 2.84. The SMILES string of the molecule is CO[C@@H]1C[C@@](C)(O)Cc2cc3c(O)c4c5c(cc(O)c4c(O)c3c(O)c21)[C@]1(C)O[C@H](O5)[C@H](O)[C@@H](N(C)C)[C@@H]1O. The molecule has 2 heterocycles. The number of phenolic OH excluding ortho intramolecular Hbond substituents is 4. The Kier molecular flexibility index (Phi) is 5.52. The van der Waals surface area contributed by atoms with Gasteiger partial charge < -0.3 is 54.9 Å². The Hall–Kier alpha value is -3.06. The molecular formula is C28H33NO10. The molecular weight excluding hydrogens is 510 g/mol. The molecule has 11 nitrogen and oxygen atoms in total. The standard InChI is InChI=1S/C28H33NO10/c1-27(36)8-10-6-11-16(21(32)15(10)14(9-27)37-5)22(33)17-13(30)7-12-24(18(17)20(11)31)38-26-23(34)19(29(3)4)25(35)28(12,2)39-26/h6-7,14,19,23,25-26,30-36H,8-9H2,1-5H3/t14-,19-,23-,25+,26+,27+,28+/m1/s1. The monoisotopic (exact) mass is 543 g/mol. The molecule has 0 radical (unpaired) electrons. The molecule has 1 aliphatic carbocycles. The van der Waals surface area contributed by atoms with Crippen LogP contribution in [-0.2, 0) is 21.5 Å². The van der Waals surface area contributed by atoms with Crippen LogP contribution in [0.2, 0.25) is 0 Å². The lowest BCUT2D eigenvalue weighted by atomic mass is 9.76. The minimum atomic E-state index is -1.45. The van der Waals surface area contributed by atoms with Crippen molar-refractivity contribution < 1.29 is 50.0 Å². The van der Waals surface area contributed by atoms with Gasteiger partial charge in [0.15, 0.2) is 0 Å². The number of aliphatic hydroxyl groups is 3. The number of benzene rings is 3. The van der Waals surface area contributed by atoms with Crippen LogP contribution in [0.1, 0.15) is 43.1 Å². The maximum atomic E-state index is 11.6. The lowest BCUT2D eigenvalue weighted by molar-refractivity contribution is -0.311. The highest BCUT2D eigenvalue weighted by atomic mass is 16.7. The van der Waals surface area contributed by atoms with Gasteiger partial charge in [-0.3, -0.25) is 0 Å². The van der Waals surface area contributed by atoms with E-state index < -0.39 is 59.1 Å². The van der Waals surface area contributed by atoms with Crippen LogP contribution < -0.4 is 4.74 Å². The molecule has 7 N–H and O–H groups in total. The van der Waals surface area contributed by atoms with Crippen molar-refractivity contribution in [1.82, 2.24) is 4.90 Å². The molecule has 0 spiro atoms. The quantitative estimate of drug-likeness (QED) is 0.186. The topological polar surface area (TPSA) is 173 Å². The molecule has 1 saturated heterocycles. The van der Waals surface area contributed by atoms with Gasteiger partial charge in [0, 0.05) is 36.5 Å². The summed E-state index contributed by atoms with van der Waals surface area (Å²) >= 11 is 0. The molecule has 0 unspecified atom stereocenters. The number of aromatic hydroxyl groups is 4. The molecule has 210 valence electrons. The lowest BCUT2D eigenvalue weighted by Gasteiger charge is -2.53. The van der Waals surface area contributed by atoms with E-state index in [1.165, 1.54) is 13.2 Å². The van der Waals surface area contributed by atoms with Crippen molar-refractivity contribution in [3.05, 3.63) is 28.8 Å². The third kappa shape index (κ3) is 3.38. The van der Waals surface area contributed by atoms with Crippen molar-refractivity contribution >= 4 is 21.5 Å². The van der Waals surface area contributed by atoms with Crippen LogP contribution >= 0.6 is 0 Å². The maximum Gasteiger partial charge on any atom is 0.228 e. The number of phenols is 4. The van der Waals surface area contributed by atoms with E-state index >= 15 is 0 Å². The number of rotatable bonds is 2. The predicted octanol–water partition coefficient (Wildman–Crippen LogP) is 1.82. The summed E-state index contributed by atoms with van der Waals surface area (Å²) < 4.78 is 17.6. The number of hydrogen-bond acceptors (Lipinski definition) is 11. The first kappa shape index (κ1) is 26.2. The lowest BCUT2D eigenvalue weighted by Crippen LogP contribution is -2.68. The number of aliphatic hydroxyl groups excluding tert-OH is 2. The summed E-state index contributed by atoms with van der Waals surface area (Å²) in [5.74, 6) is -1.65. The second kappa shape index (κ2) is 8.23. The fraction of sp³-hybridized carbons (Fsp3) is 0.500. The molecule has 2 bridgehead atoms. The second-order valence-electron chi connectivity index (χ2n) is 11.6. The molecule has 0 aromatic heterocycles. The summed E-state index contributed by atoms with van der Waals surface area (Å²) in [6, 6.07) is 2.10. The van der Waals surface area contributed by atoms with Gasteiger partial charge in [-0.05, 0) is 45.6 Å². The zero-order valence-electron chi connectivity index (χ0n) is 22.3. The van der Waals surface area contributed by atoms with Crippen LogP contribution in [-0.4, -0.2) is 92.0 Å². The Morgan fingerprint density at radius 3 is 2.31 bits per heavy atom. The highest BCUT2D eigenvalue weighted by molar-refractivity contribution is 6.17. The number of nitrogens with zero attached hydrogens (tertiary/aromatic N) is 1. The summed E-state index contributed by atoms with van der Waals surface area (Å²) in [6.07, 6.45) is -4.04. The largest absolute Gasteiger partial charge is 0.507 e. The predicted molar refractivity (Wildman–Crippen MR) is 139 cm³/mol. The van der Waals surface area contributed by atoms with Gasteiger partial charge in [-0.15, -0.1) is 0 Å². The fourth-order valence-corrected chi connectivity index (χ4v) is 6.80. The minimum Gasteiger partial charge on any atom is -0.507 e. The van der Waals surface area contributed by atoms with Crippen LogP contribution in [0.4, 0.5) is 0 Å². The van der Waals surface area contributed by atoms with Crippen molar-refractivity contribution in [2.75, 3.05) is 21.2 Å². The molecule has 7 atom stereocenters. The second-order valence-corrected chi connectivity index (χ2v) is 11.6. The van der Waals surface area contributed by atoms with E-state index in [9.17, 15) is 35.7 Å². The molecule has 3 aromatic carbocycles. The van der Waals surface area contributed by atoms with E-state index in [0.717, 1.165) is 0 Å². The van der Waals surface area contributed by atoms with Crippen LogP contribution in [0, 0.1) is 0 Å². The van der Waals surface area contributed by atoms with Crippen molar-refractivity contribution in [3.63, 3.8) is 0 Å². The first-order valence-corrected chi connectivity index (χ1v) is 12.8. The van der Waals surface area contributed by atoms with Crippen molar-refractivity contribution in [2.45, 2.75) is 68.5 Å². The Morgan fingerprint density at radius 1 is 0.974 bits per heavy atom. The van der Waals surface area contributed by atoms with Crippen LogP contribution in [0.3, 0.4) is 0 Å². The zero-order valence-corrected chi connectivity index (χ0v) is 22.3. The molecule has 6 rings (SSSR count). The Bertz CT molecular complexity index is 1540. The number of hydrogen-bond donors (Lipinski definition) is 7. The van der Waals surface area contributed by atoms with Gasteiger partial charge in [0.05, 0.1) is 33.9 Å². The van der Waals surface area contributed by atoms with Crippen LogP contribution in [0.5, 0.6) is 28.7 Å². The van der Waals surface area contributed by atoms with Gasteiger partial charge in [0.2, 0.25) is 6.29 Å². The number of fused-ring (bicyclic) bond motifs is 8. The summed E-state index contributed by atoms with van der Waals surface area (Å²) in [5.41, 5.74) is -1.46. The smallest absolute Gasteiger partial charge is 0.228 e. The van der Waals surface area contributed by atoms with E-state index in [1.54, 1.807) is 38.9 Å². The zero-order chi connectivity index (χ0) is 28.3. The molecule has 2 aliphatic heterocycles. The van der Waals surface area contributed by atoms with Crippen molar-refractivity contribution in [2.24, 2.45) is 0 Å². The highest BCUT2D eigenvalue weighted by Gasteiger charge is 2.58. The molecule has 39 heavy (non-hydrogen) atoms. The normalized spacial score (nSPS) is 33.7. The first-order chi connectivity index (χ1) is 18.2. The third-order valence-corrected chi connectivity index (χ3v) is 8.70. The summed E-state index contributed by atoms with van der Waals surface area (Å²) in [6.45, 7) is 3.26. The molecule has 1 fully saturated rings. The fourth-order valence-electron chi connectivity index (χ4n) is 6.80. The van der Waals surface area contributed by atoms with Crippen LogP contribution in [0.25, 0.3) is 21.5 Å². The van der Waals surface area contributed by atoms with E-state index in [1.807, 2.05) is 0 Å². The Balaban J connectivity index is 1.69. The van der Waals surface area contributed by atoms with E-state index in [-0.39, 0.29) is 51.4 Å². The highest BCUT2D eigenvalue weighted by Crippen LogP contribution is 2.59. The molecule has 0 amide bonds. The number of methoxy groups -OCH3 is 1. The van der Waals surface area contributed by atoms with Gasteiger partial charge in [-0.1, -0.05) is 0 Å². The van der Waals surface area contributed by atoms with E-state index in [0.29, 0.717) is 11.1 Å². The molecule has 3 aromatic rings. The molecule has 11 heteroatoms. The number of ether oxygens (including phenoxy) is 3. The minimum absolute atomic E-state index is 0.0190. The van der Waals surface area contributed by atoms with Gasteiger partial charge in [0.1, 0.15) is 46.6 Å². The molecule has 0 saturated carbocycles. The van der Waals surface area contributed by atoms with Crippen molar-refractivity contribution in [1.29, 1.82) is 0 Å². The van der Waals surface area contributed by atoms with Crippen LogP contribution in [0.15, 0.2) is 12.1 Å². The average molecular weight is 544 g/mol. The maximum absolute atomic E-state index is 11.6. The van der Waals surface area contributed by atoms with Gasteiger partial charge >= 0.3 is 0 Å². The Morgan fingerprint density at radius 2 is 1.67 bits per heavy atom. The van der Waals surface area contributed by atoms with Gasteiger partial charge in [0.25, 0.3) is 0 Å². The van der Waals surface area contributed by atoms with E-state index in [2.05, 4.69) is 0 Å². The summed E-state index contributed by atoms with van der Waals surface area (Å²) in [5, 5.41) is 78.4.